The Morgan fingerprint density at radius 3 is 2.80 bits per heavy atom. The number of benzene rings is 1. The number of nitrogens with zero attached hydrogens (tertiary/aromatic N) is 1. The van der Waals surface area contributed by atoms with Crippen LogP contribution >= 0.6 is 0 Å². The zero-order chi connectivity index (χ0) is 14.5. The molecule has 0 bridgehead atoms. The van der Waals surface area contributed by atoms with E-state index in [1.54, 1.807) is 42.5 Å². The molecule has 0 aromatic heterocycles. The van der Waals surface area contributed by atoms with E-state index in [9.17, 15) is 9.90 Å². The van der Waals surface area contributed by atoms with Gasteiger partial charge in [-0.05, 0) is 24.3 Å². The molecule has 0 spiro atoms. The summed E-state index contributed by atoms with van der Waals surface area (Å²) in [5.41, 5.74) is 3.21. The van der Waals surface area contributed by atoms with Crippen molar-refractivity contribution in [3.05, 3.63) is 42.0 Å². The average Bonchev–Trinajstić information content (AvgIpc) is 2.94. The van der Waals surface area contributed by atoms with Crippen molar-refractivity contribution in [1.29, 1.82) is 0 Å². The van der Waals surface area contributed by atoms with Crippen molar-refractivity contribution >= 4 is 5.91 Å². The molecule has 2 rings (SSSR count). The highest BCUT2D eigenvalue weighted by atomic mass is 16.5. The highest BCUT2D eigenvalue weighted by molar-refractivity contribution is 5.94. The van der Waals surface area contributed by atoms with Crippen LogP contribution in [0, 0.1) is 0 Å². The van der Waals surface area contributed by atoms with E-state index < -0.39 is 12.1 Å². The number of carbonyl (C=O) groups is 1. The van der Waals surface area contributed by atoms with E-state index in [-0.39, 0.29) is 12.5 Å². The Kier molecular flexibility index (Phi) is 4.73. The van der Waals surface area contributed by atoms with E-state index in [2.05, 4.69) is 5.43 Å². The van der Waals surface area contributed by atoms with Crippen LogP contribution in [-0.4, -0.2) is 53.5 Å². The third-order valence-corrected chi connectivity index (χ3v) is 3.17. The predicted molar refractivity (Wildman–Crippen MR) is 73.2 cm³/mol. The number of amides is 1. The summed E-state index contributed by atoms with van der Waals surface area (Å²) in [7, 11) is 1.56. The van der Waals surface area contributed by atoms with Crippen molar-refractivity contribution in [3.63, 3.8) is 0 Å². The molecule has 20 heavy (non-hydrogen) atoms. The molecule has 108 valence electrons. The van der Waals surface area contributed by atoms with Crippen molar-refractivity contribution in [1.82, 2.24) is 10.4 Å². The van der Waals surface area contributed by atoms with Crippen LogP contribution < -0.4 is 10.2 Å². The Morgan fingerprint density at radius 2 is 2.20 bits per heavy atom. The largest absolute Gasteiger partial charge is 0.497 e. The fraction of sp³-hybridized carbons (Fsp3) is 0.357. The summed E-state index contributed by atoms with van der Waals surface area (Å²) in [6.45, 7) is 0.132. The summed E-state index contributed by atoms with van der Waals surface area (Å²) in [6.07, 6.45) is 2.66. The van der Waals surface area contributed by atoms with Gasteiger partial charge < -0.3 is 14.9 Å². The summed E-state index contributed by atoms with van der Waals surface area (Å²) >= 11 is 0. The second-order valence-electron chi connectivity index (χ2n) is 4.49. The molecule has 0 aliphatic carbocycles. The highest BCUT2D eigenvalue weighted by Crippen LogP contribution is 2.14. The number of aliphatic hydroxyl groups excluding tert-OH is 2. The van der Waals surface area contributed by atoms with Gasteiger partial charge in [0.05, 0.1) is 25.9 Å². The first kappa shape index (κ1) is 14.5. The summed E-state index contributed by atoms with van der Waals surface area (Å²) < 4.78 is 5.03. The third-order valence-electron chi connectivity index (χ3n) is 3.17. The summed E-state index contributed by atoms with van der Waals surface area (Å²) in [4.78, 5) is 12.1. The maximum atomic E-state index is 12.1. The zero-order valence-corrected chi connectivity index (χ0v) is 11.2. The topological polar surface area (TPSA) is 82.0 Å². The lowest BCUT2D eigenvalue weighted by molar-refractivity contribution is 0.0200. The van der Waals surface area contributed by atoms with Crippen LogP contribution in [0.5, 0.6) is 5.75 Å². The standard InChI is InChI=1S/C14H18N2O4/c1-20-11-6-4-10(5-7-11)14(19)15-16-8-2-3-12(16)13(18)9-17/h2-7,12-13,17-18H,8-9H2,1H3,(H,15,19)/t12-,13+/m1/s1. The molecule has 1 amide bonds. The van der Waals surface area contributed by atoms with Gasteiger partial charge in [-0.3, -0.25) is 10.2 Å². The average molecular weight is 278 g/mol. The van der Waals surface area contributed by atoms with Crippen LogP contribution in [0.2, 0.25) is 0 Å². The molecule has 6 heteroatoms. The monoisotopic (exact) mass is 278 g/mol. The van der Waals surface area contributed by atoms with Gasteiger partial charge in [-0.25, -0.2) is 5.01 Å². The first-order valence-corrected chi connectivity index (χ1v) is 6.33. The van der Waals surface area contributed by atoms with Crippen molar-refractivity contribution in [2.24, 2.45) is 0 Å². The van der Waals surface area contributed by atoms with E-state index in [1.165, 1.54) is 0 Å². The number of methoxy groups -OCH3 is 1. The van der Waals surface area contributed by atoms with E-state index in [0.29, 0.717) is 17.9 Å². The van der Waals surface area contributed by atoms with Gasteiger partial charge in [-0.15, -0.1) is 0 Å². The SMILES string of the molecule is COc1ccc(C(=O)NN2CC=C[C@@H]2[C@@H](O)CO)cc1. The summed E-state index contributed by atoms with van der Waals surface area (Å²) in [6, 6.07) is 6.32. The fourth-order valence-electron chi connectivity index (χ4n) is 2.04. The number of hydrogen-bond donors (Lipinski definition) is 3. The van der Waals surface area contributed by atoms with E-state index in [0.717, 1.165) is 0 Å². The first-order chi connectivity index (χ1) is 9.65. The molecule has 6 nitrogen and oxygen atoms in total. The number of hydrazine groups is 1. The van der Waals surface area contributed by atoms with E-state index >= 15 is 0 Å². The van der Waals surface area contributed by atoms with Crippen molar-refractivity contribution in [3.8, 4) is 5.75 Å². The van der Waals surface area contributed by atoms with Crippen molar-refractivity contribution in [2.75, 3.05) is 20.3 Å². The van der Waals surface area contributed by atoms with Crippen LogP contribution in [0.4, 0.5) is 0 Å². The Hall–Kier alpha value is -1.89. The molecule has 0 fully saturated rings. The number of ether oxygens (including phenoxy) is 1. The number of nitrogens with one attached hydrogen (secondary N) is 1. The molecule has 0 saturated carbocycles. The molecule has 0 saturated heterocycles. The van der Waals surface area contributed by atoms with E-state index in [4.69, 9.17) is 9.84 Å². The minimum absolute atomic E-state index is 0.272. The second kappa shape index (κ2) is 6.51. The number of aliphatic hydroxyl groups is 2. The maximum absolute atomic E-state index is 12.1. The Morgan fingerprint density at radius 1 is 1.50 bits per heavy atom. The van der Waals surface area contributed by atoms with Crippen LogP contribution in [0.3, 0.4) is 0 Å². The van der Waals surface area contributed by atoms with Crippen LogP contribution in [0.25, 0.3) is 0 Å². The van der Waals surface area contributed by atoms with E-state index in [1.807, 2.05) is 6.08 Å². The lowest BCUT2D eigenvalue weighted by Gasteiger charge is -2.27. The lowest BCUT2D eigenvalue weighted by atomic mass is 10.2. The molecule has 3 N–H and O–H groups in total. The minimum Gasteiger partial charge on any atom is -0.497 e. The molecule has 1 heterocycles. The van der Waals surface area contributed by atoms with Crippen LogP contribution in [-0.2, 0) is 0 Å². The summed E-state index contributed by atoms with van der Waals surface area (Å²) in [5, 5.41) is 20.2. The Labute approximate surface area is 117 Å². The van der Waals surface area contributed by atoms with Crippen LogP contribution in [0.1, 0.15) is 10.4 Å². The molecule has 1 aliphatic heterocycles. The van der Waals surface area contributed by atoms with Gasteiger partial charge in [0.25, 0.3) is 5.91 Å². The smallest absolute Gasteiger partial charge is 0.265 e. The highest BCUT2D eigenvalue weighted by Gasteiger charge is 2.27. The number of carbonyl (C=O) groups excluding carboxylic acids is 1. The predicted octanol–water partition coefficient (Wildman–Crippen LogP) is -0.0664. The normalized spacial score (nSPS) is 19.9. The molecule has 1 aromatic carbocycles. The van der Waals surface area contributed by atoms with Gasteiger partial charge in [0.2, 0.25) is 0 Å². The number of hydrogen-bond acceptors (Lipinski definition) is 5. The molecule has 0 unspecified atom stereocenters. The minimum atomic E-state index is -0.926. The quantitative estimate of drug-likeness (QED) is 0.657. The number of rotatable bonds is 5. The van der Waals surface area contributed by atoms with Crippen molar-refractivity contribution in [2.45, 2.75) is 12.1 Å². The van der Waals surface area contributed by atoms with Gasteiger partial charge >= 0.3 is 0 Å². The lowest BCUT2D eigenvalue weighted by Crippen LogP contribution is -2.50. The Balaban J connectivity index is 2.00. The third kappa shape index (κ3) is 3.16. The molecule has 0 radical (unpaired) electrons. The van der Waals surface area contributed by atoms with Gasteiger partial charge in [0.15, 0.2) is 0 Å². The molecule has 1 aliphatic rings. The summed E-state index contributed by atoms with van der Waals surface area (Å²) in [5.74, 6) is 0.407. The molecular weight excluding hydrogens is 260 g/mol. The van der Waals surface area contributed by atoms with Crippen molar-refractivity contribution < 1.29 is 19.7 Å². The second-order valence-corrected chi connectivity index (χ2v) is 4.49. The first-order valence-electron chi connectivity index (χ1n) is 6.33. The fourth-order valence-corrected chi connectivity index (χ4v) is 2.04. The molecule has 1 aromatic rings. The molecular formula is C14H18N2O4. The van der Waals surface area contributed by atoms with Gasteiger partial charge in [-0.2, -0.15) is 0 Å². The zero-order valence-electron chi connectivity index (χ0n) is 11.2. The Bertz CT molecular complexity index is 486. The van der Waals surface area contributed by atoms with Gasteiger partial charge in [-0.1, -0.05) is 12.2 Å². The van der Waals surface area contributed by atoms with Gasteiger partial charge in [0, 0.05) is 12.1 Å². The van der Waals surface area contributed by atoms with Gasteiger partial charge in [0.1, 0.15) is 5.75 Å². The van der Waals surface area contributed by atoms with Crippen LogP contribution in [0.15, 0.2) is 36.4 Å². The maximum Gasteiger partial charge on any atom is 0.265 e. The molecule has 2 atom stereocenters.